The second kappa shape index (κ2) is 5.07. The van der Waals surface area contributed by atoms with Crippen LogP contribution in [0.4, 0.5) is 10.1 Å². The Kier molecular flexibility index (Phi) is 3.51. The quantitative estimate of drug-likeness (QED) is 0.929. The molecule has 1 aromatic carbocycles. The van der Waals surface area contributed by atoms with Gasteiger partial charge in [-0.1, -0.05) is 6.07 Å². The highest BCUT2D eigenvalue weighted by atomic mass is 79.9. The Morgan fingerprint density at radius 2 is 2.19 bits per heavy atom. The van der Waals surface area contributed by atoms with Crippen molar-refractivity contribution in [2.75, 3.05) is 5.32 Å². The molecule has 2 nitrogen and oxygen atoms in total. The molecule has 0 radical (unpaired) electrons. The molecule has 2 rings (SSSR count). The molecule has 0 aliphatic rings. The Morgan fingerprint density at radius 3 is 2.94 bits per heavy atom. The van der Waals surface area contributed by atoms with Gasteiger partial charge in [0.2, 0.25) is 0 Å². The monoisotopic (exact) mass is 280 g/mol. The van der Waals surface area contributed by atoms with Gasteiger partial charge in [-0.2, -0.15) is 0 Å². The maximum Gasteiger partial charge on any atom is 0.125 e. The van der Waals surface area contributed by atoms with Gasteiger partial charge in [-0.3, -0.25) is 4.98 Å². The number of rotatable bonds is 3. The topological polar surface area (TPSA) is 24.9 Å². The molecule has 0 aliphatic carbocycles. The highest BCUT2D eigenvalue weighted by Gasteiger charge is 2.01. The number of pyridine rings is 1. The van der Waals surface area contributed by atoms with Crippen LogP contribution < -0.4 is 5.32 Å². The van der Waals surface area contributed by atoms with E-state index >= 15 is 0 Å². The Morgan fingerprint density at radius 1 is 1.31 bits per heavy atom. The van der Waals surface area contributed by atoms with Crippen molar-refractivity contribution in [3.05, 3.63) is 58.6 Å². The zero-order valence-electron chi connectivity index (χ0n) is 8.45. The lowest BCUT2D eigenvalue weighted by Crippen LogP contribution is -2.00. The number of anilines is 1. The highest BCUT2D eigenvalue weighted by Crippen LogP contribution is 2.23. The molecule has 0 atom stereocenters. The van der Waals surface area contributed by atoms with E-state index in [4.69, 9.17) is 0 Å². The van der Waals surface area contributed by atoms with Gasteiger partial charge in [-0.25, -0.2) is 4.39 Å². The van der Waals surface area contributed by atoms with Crippen molar-refractivity contribution in [2.24, 2.45) is 0 Å². The van der Waals surface area contributed by atoms with Crippen LogP contribution in [0.2, 0.25) is 0 Å². The Bertz CT molecular complexity index is 474. The average molecular weight is 281 g/mol. The second-order valence-corrected chi connectivity index (χ2v) is 4.19. The first-order valence-electron chi connectivity index (χ1n) is 4.83. The second-order valence-electron chi connectivity index (χ2n) is 3.34. The minimum absolute atomic E-state index is 0.253. The van der Waals surface area contributed by atoms with Gasteiger partial charge in [-0.05, 0) is 45.8 Å². The van der Waals surface area contributed by atoms with E-state index in [1.165, 1.54) is 12.1 Å². The lowest BCUT2D eigenvalue weighted by Gasteiger charge is -2.08. The molecule has 16 heavy (non-hydrogen) atoms. The summed E-state index contributed by atoms with van der Waals surface area (Å²) in [5.41, 5.74) is 1.79. The lowest BCUT2D eigenvalue weighted by atomic mass is 10.2. The van der Waals surface area contributed by atoms with E-state index in [1.807, 2.05) is 12.1 Å². The van der Waals surface area contributed by atoms with Crippen molar-refractivity contribution in [3.63, 3.8) is 0 Å². The summed E-state index contributed by atoms with van der Waals surface area (Å²) in [6.45, 7) is 0.621. The molecule has 4 heteroatoms. The molecule has 0 spiro atoms. The molecule has 82 valence electrons. The molecule has 0 bridgehead atoms. The first kappa shape index (κ1) is 11.1. The summed E-state index contributed by atoms with van der Waals surface area (Å²) in [6.07, 6.45) is 3.50. The fourth-order valence-electron chi connectivity index (χ4n) is 1.33. The van der Waals surface area contributed by atoms with Crippen LogP contribution in [0, 0.1) is 5.82 Å². The highest BCUT2D eigenvalue weighted by molar-refractivity contribution is 9.10. The molecule has 1 heterocycles. The van der Waals surface area contributed by atoms with Gasteiger partial charge in [0.15, 0.2) is 0 Å². The van der Waals surface area contributed by atoms with Gasteiger partial charge in [-0.15, -0.1) is 0 Å². The molecule has 1 N–H and O–H groups in total. The summed E-state index contributed by atoms with van der Waals surface area (Å²) in [5, 5.41) is 3.14. The molecule has 0 aliphatic heterocycles. The van der Waals surface area contributed by atoms with E-state index in [0.29, 0.717) is 6.54 Å². The molecular weight excluding hydrogens is 271 g/mol. The lowest BCUT2D eigenvalue weighted by molar-refractivity contribution is 0.628. The van der Waals surface area contributed by atoms with Crippen molar-refractivity contribution in [3.8, 4) is 0 Å². The standard InChI is InChI=1S/C12H10BrFN2/c13-11-4-3-10(14)6-12(11)16-8-9-2-1-5-15-7-9/h1-7,16H,8H2. The minimum Gasteiger partial charge on any atom is -0.380 e. The molecule has 0 amide bonds. The summed E-state index contributed by atoms with van der Waals surface area (Å²) in [6, 6.07) is 8.39. The van der Waals surface area contributed by atoms with Crippen LogP contribution >= 0.6 is 15.9 Å². The van der Waals surface area contributed by atoms with Crippen molar-refractivity contribution in [1.29, 1.82) is 0 Å². The molecule has 2 aromatic rings. The Hall–Kier alpha value is -1.42. The first-order valence-corrected chi connectivity index (χ1v) is 5.63. The van der Waals surface area contributed by atoms with Crippen LogP contribution in [0.3, 0.4) is 0 Å². The maximum atomic E-state index is 13.0. The predicted molar refractivity (Wildman–Crippen MR) is 65.7 cm³/mol. The molecule has 0 unspecified atom stereocenters. The van der Waals surface area contributed by atoms with E-state index in [-0.39, 0.29) is 5.82 Å². The van der Waals surface area contributed by atoms with Gasteiger partial charge in [0.05, 0.1) is 5.69 Å². The van der Waals surface area contributed by atoms with Crippen molar-refractivity contribution in [1.82, 2.24) is 4.98 Å². The fourth-order valence-corrected chi connectivity index (χ4v) is 1.72. The molecule has 0 saturated carbocycles. The third kappa shape index (κ3) is 2.79. The smallest absolute Gasteiger partial charge is 0.125 e. The van der Waals surface area contributed by atoms with Crippen molar-refractivity contribution < 1.29 is 4.39 Å². The van der Waals surface area contributed by atoms with Gasteiger partial charge < -0.3 is 5.32 Å². The van der Waals surface area contributed by atoms with Crippen LogP contribution in [0.25, 0.3) is 0 Å². The normalized spacial score (nSPS) is 10.1. The van der Waals surface area contributed by atoms with Gasteiger partial charge in [0.1, 0.15) is 5.82 Å². The van der Waals surface area contributed by atoms with E-state index < -0.39 is 0 Å². The number of halogens is 2. The summed E-state index contributed by atoms with van der Waals surface area (Å²) in [4.78, 5) is 4.01. The largest absolute Gasteiger partial charge is 0.380 e. The van der Waals surface area contributed by atoms with Crippen molar-refractivity contribution in [2.45, 2.75) is 6.54 Å². The van der Waals surface area contributed by atoms with E-state index in [9.17, 15) is 4.39 Å². The Balaban J connectivity index is 2.08. The number of aromatic nitrogens is 1. The third-order valence-corrected chi connectivity index (χ3v) is 2.83. The number of nitrogens with one attached hydrogen (secondary N) is 1. The number of benzene rings is 1. The SMILES string of the molecule is Fc1ccc(Br)c(NCc2cccnc2)c1. The summed E-state index contributed by atoms with van der Waals surface area (Å²) in [7, 11) is 0. The maximum absolute atomic E-state index is 13.0. The van der Waals surface area contributed by atoms with Crippen LogP contribution in [0.1, 0.15) is 5.56 Å². The minimum atomic E-state index is -0.253. The van der Waals surface area contributed by atoms with Gasteiger partial charge in [0.25, 0.3) is 0 Å². The fraction of sp³-hybridized carbons (Fsp3) is 0.0833. The third-order valence-electron chi connectivity index (χ3n) is 2.13. The number of hydrogen-bond acceptors (Lipinski definition) is 2. The first-order chi connectivity index (χ1) is 7.75. The predicted octanol–water partition coefficient (Wildman–Crippen LogP) is 3.60. The van der Waals surface area contributed by atoms with Gasteiger partial charge >= 0.3 is 0 Å². The van der Waals surface area contributed by atoms with E-state index in [2.05, 4.69) is 26.2 Å². The van der Waals surface area contributed by atoms with E-state index in [0.717, 1.165) is 15.7 Å². The average Bonchev–Trinajstić information content (AvgIpc) is 2.32. The summed E-state index contributed by atoms with van der Waals surface area (Å²) in [5.74, 6) is -0.253. The molecule has 0 fully saturated rings. The van der Waals surface area contributed by atoms with Crippen LogP contribution in [0.15, 0.2) is 47.2 Å². The Labute approximate surface area is 102 Å². The van der Waals surface area contributed by atoms with Crippen molar-refractivity contribution >= 4 is 21.6 Å². The number of nitrogens with zero attached hydrogens (tertiary/aromatic N) is 1. The van der Waals surface area contributed by atoms with Gasteiger partial charge in [0, 0.05) is 23.4 Å². The van der Waals surface area contributed by atoms with Crippen LogP contribution in [0.5, 0.6) is 0 Å². The van der Waals surface area contributed by atoms with Crippen LogP contribution in [-0.2, 0) is 6.54 Å². The number of hydrogen-bond donors (Lipinski definition) is 1. The summed E-state index contributed by atoms with van der Waals surface area (Å²) < 4.78 is 13.8. The van der Waals surface area contributed by atoms with E-state index in [1.54, 1.807) is 18.5 Å². The molecule has 0 saturated heterocycles. The molecule has 1 aromatic heterocycles. The molecular formula is C12H10BrFN2. The summed E-state index contributed by atoms with van der Waals surface area (Å²) >= 11 is 3.36. The zero-order chi connectivity index (χ0) is 11.4. The zero-order valence-corrected chi connectivity index (χ0v) is 10.0. The van der Waals surface area contributed by atoms with Crippen LogP contribution in [-0.4, -0.2) is 4.98 Å².